The summed E-state index contributed by atoms with van der Waals surface area (Å²) in [7, 11) is 0. The molecule has 0 saturated carbocycles. The Labute approximate surface area is 97.2 Å². The van der Waals surface area contributed by atoms with Crippen LogP contribution >= 0.6 is 0 Å². The number of rotatable bonds is 5. The van der Waals surface area contributed by atoms with Crippen LogP contribution in [-0.2, 0) is 6.18 Å². The first-order valence-electron chi connectivity index (χ1n) is 5.27. The Morgan fingerprint density at radius 2 is 1.82 bits per heavy atom. The number of nitroso groups, excluding NO2 is 1. The minimum absolute atomic E-state index is 0.376. The Bertz CT molecular complexity index is 362. The van der Waals surface area contributed by atoms with E-state index in [-0.39, 0.29) is 0 Å². The van der Waals surface area contributed by atoms with Crippen molar-refractivity contribution < 1.29 is 13.2 Å². The van der Waals surface area contributed by atoms with Gasteiger partial charge in [-0.25, -0.2) is 5.01 Å². The van der Waals surface area contributed by atoms with Crippen molar-refractivity contribution in [2.45, 2.75) is 25.9 Å². The van der Waals surface area contributed by atoms with Gasteiger partial charge in [-0.15, -0.1) is 4.91 Å². The second kappa shape index (κ2) is 5.65. The molecule has 0 amide bonds. The fourth-order valence-electron chi connectivity index (χ4n) is 1.35. The molecule has 1 rings (SSSR count). The van der Waals surface area contributed by atoms with Crippen molar-refractivity contribution in [3.63, 3.8) is 0 Å². The van der Waals surface area contributed by atoms with Gasteiger partial charge in [-0.1, -0.05) is 13.3 Å². The minimum atomic E-state index is -4.36. The van der Waals surface area contributed by atoms with E-state index in [1.54, 1.807) is 0 Å². The number of alkyl halides is 3. The molecule has 0 atom stereocenters. The van der Waals surface area contributed by atoms with Gasteiger partial charge in [0.2, 0.25) is 0 Å². The minimum Gasteiger partial charge on any atom is -0.229 e. The molecule has 0 aliphatic rings. The monoisotopic (exact) mass is 246 g/mol. The van der Waals surface area contributed by atoms with Gasteiger partial charge in [0.15, 0.2) is 0 Å². The zero-order valence-electron chi connectivity index (χ0n) is 9.37. The number of halogens is 3. The summed E-state index contributed by atoms with van der Waals surface area (Å²) < 4.78 is 36.9. The van der Waals surface area contributed by atoms with Crippen molar-refractivity contribution in [2.24, 2.45) is 5.29 Å². The van der Waals surface area contributed by atoms with Crippen LogP contribution < -0.4 is 5.01 Å². The predicted octanol–water partition coefficient (Wildman–Crippen LogP) is 3.99. The molecule has 0 spiro atoms. The highest BCUT2D eigenvalue weighted by molar-refractivity contribution is 5.47. The van der Waals surface area contributed by atoms with E-state index in [0.717, 1.165) is 30.0 Å². The first-order chi connectivity index (χ1) is 7.99. The van der Waals surface area contributed by atoms with E-state index in [9.17, 15) is 18.1 Å². The lowest BCUT2D eigenvalue weighted by Crippen LogP contribution is -2.16. The lowest BCUT2D eigenvalue weighted by molar-refractivity contribution is -0.137. The van der Waals surface area contributed by atoms with Gasteiger partial charge in [0, 0.05) is 6.54 Å². The van der Waals surface area contributed by atoms with E-state index in [2.05, 4.69) is 5.29 Å². The van der Waals surface area contributed by atoms with Crippen LogP contribution in [0.4, 0.5) is 18.9 Å². The molecule has 1 aromatic carbocycles. The van der Waals surface area contributed by atoms with E-state index in [1.807, 2.05) is 6.92 Å². The molecule has 0 aliphatic heterocycles. The highest BCUT2D eigenvalue weighted by Crippen LogP contribution is 2.30. The Hall–Kier alpha value is -1.59. The molecule has 0 fully saturated rings. The average Bonchev–Trinajstić information content (AvgIpc) is 2.29. The number of nitrogens with zero attached hydrogens (tertiary/aromatic N) is 2. The van der Waals surface area contributed by atoms with Crippen LogP contribution in [0.3, 0.4) is 0 Å². The zero-order valence-corrected chi connectivity index (χ0v) is 9.37. The number of hydrogen-bond acceptors (Lipinski definition) is 2. The first kappa shape index (κ1) is 13.5. The third-order valence-electron chi connectivity index (χ3n) is 2.31. The summed E-state index contributed by atoms with van der Waals surface area (Å²) in [6, 6.07) is 4.39. The standard InChI is InChI=1S/C11H13F3N2O/c1-2-3-8-16(15-17)10-6-4-9(5-7-10)11(12,13)14/h4-7H,2-3,8H2,1H3. The maximum Gasteiger partial charge on any atom is 0.416 e. The Morgan fingerprint density at radius 1 is 1.24 bits per heavy atom. The Kier molecular flexibility index (Phi) is 4.48. The fourth-order valence-corrected chi connectivity index (χ4v) is 1.35. The molecule has 0 bridgehead atoms. The summed E-state index contributed by atoms with van der Waals surface area (Å²) in [5.41, 5.74) is -0.357. The zero-order chi connectivity index (χ0) is 12.9. The van der Waals surface area contributed by atoms with E-state index in [4.69, 9.17) is 0 Å². The highest BCUT2D eigenvalue weighted by Gasteiger charge is 2.30. The highest BCUT2D eigenvalue weighted by atomic mass is 19.4. The molecular formula is C11H13F3N2O. The normalized spacial score (nSPS) is 11.3. The summed E-state index contributed by atoms with van der Waals surface area (Å²) in [5.74, 6) is 0. The second-order valence-electron chi connectivity index (χ2n) is 3.60. The van der Waals surface area contributed by atoms with Gasteiger partial charge in [0.05, 0.1) is 16.5 Å². The van der Waals surface area contributed by atoms with Crippen LogP contribution in [0, 0.1) is 4.91 Å². The van der Waals surface area contributed by atoms with Crippen molar-refractivity contribution >= 4 is 5.69 Å². The molecule has 94 valence electrons. The van der Waals surface area contributed by atoms with Crippen molar-refractivity contribution in [2.75, 3.05) is 11.6 Å². The van der Waals surface area contributed by atoms with Gasteiger partial charge in [-0.3, -0.25) is 0 Å². The molecule has 17 heavy (non-hydrogen) atoms. The van der Waals surface area contributed by atoms with Crippen molar-refractivity contribution in [1.82, 2.24) is 0 Å². The molecule has 0 aromatic heterocycles. The molecule has 1 aromatic rings. The number of anilines is 1. The molecule has 0 N–H and O–H groups in total. The molecule has 0 heterocycles. The second-order valence-corrected chi connectivity index (χ2v) is 3.60. The fraction of sp³-hybridized carbons (Fsp3) is 0.455. The van der Waals surface area contributed by atoms with Gasteiger partial charge in [-0.2, -0.15) is 13.2 Å². The van der Waals surface area contributed by atoms with Gasteiger partial charge in [-0.05, 0) is 30.7 Å². The number of unbranched alkanes of at least 4 members (excludes halogenated alkanes) is 1. The largest absolute Gasteiger partial charge is 0.416 e. The summed E-state index contributed by atoms with van der Waals surface area (Å²) in [4.78, 5) is 10.5. The maximum absolute atomic E-state index is 12.3. The summed E-state index contributed by atoms with van der Waals surface area (Å²) in [5, 5.41) is 3.95. The third kappa shape index (κ3) is 3.72. The number of benzene rings is 1. The third-order valence-corrected chi connectivity index (χ3v) is 2.31. The molecule has 0 unspecified atom stereocenters. The van der Waals surface area contributed by atoms with Gasteiger partial charge in [0.1, 0.15) is 0 Å². The van der Waals surface area contributed by atoms with E-state index in [1.165, 1.54) is 12.1 Å². The van der Waals surface area contributed by atoms with Crippen LogP contribution in [0.15, 0.2) is 29.6 Å². The van der Waals surface area contributed by atoms with Crippen LogP contribution in [0.5, 0.6) is 0 Å². The van der Waals surface area contributed by atoms with Crippen molar-refractivity contribution in [3.8, 4) is 0 Å². The molecule has 0 aliphatic carbocycles. The van der Waals surface area contributed by atoms with Crippen LogP contribution in [0.2, 0.25) is 0 Å². The molecule has 0 saturated heterocycles. The maximum atomic E-state index is 12.3. The van der Waals surface area contributed by atoms with Crippen LogP contribution in [-0.4, -0.2) is 6.54 Å². The lowest BCUT2D eigenvalue weighted by atomic mass is 10.2. The Morgan fingerprint density at radius 3 is 2.24 bits per heavy atom. The average molecular weight is 246 g/mol. The van der Waals surface area contributed by atoms with Gasteiger partial charge >= 0.3 is 6.18 Å². The lowest BCUT2D eigenvalue weighted by Gasteiger charge is -2.15. The van der Waals surface area contributed by atoms with Gasteiger partial charge < -0.3 is 0 Å². The van der Waals surface area contributed by atoms with Crippen LogP contribution in [0.1, 0.15) is 25.3 Å². The predicted molar refractivity (Wildman–Crippen MR) is 59.5 cm³/mol. The Balaban J connectivity index is 2.81. The molecule has 0 radical (unpaired) electrons. The van der Waals surface area contributed by atoms with Crippen LogP contribution in [0.25, 0.3) is 0 Å². The smallest absolute Gasteiger partial charge is 0.229 e. The quantitative estimate of drug-likeness (QED) is 0.581. The summed E-state index contributed by atoms with van der Waals surface area (Å²) >= 11 is 0. The van der Waals surface area contributed by atoms with Crippen molar-refractivity contribution in [1.29, 1.82) is 0 Å². The molecule has 3 nitrogen and oxygen atoms in total. The number of hydrogen-bond donors (Lipinski definition) is 0. The SMILES string of the molecule is CCCCN(N=O)c1ccc(C(F)(F)F)cc1. The van der Waals surface area contributed by atoms with Crippen molar-refractivity contribution in [3.05, 3.63) is 34.7 Å². The molecular weight excluding hydrogens is 233 g/mol. The summed E-state index contributed by atoms with van der Waals surface area (Å²) in [6.07, 6.45) is -2.72. The first-order valence-corrected chi connectivity index (χ1v) is 5.27. The topological polar surface area (TPSA) is 32.7 Å². The van der Waals surface area contributed by atoms with Gasteiger partial charge in [0.25, 0.3) is 0 Å². The van der Waals surface area contributed by atoms with E-state index in [0.29, 0.717) is 12.2 Å². The summed E-state index contributed by atoms with van der Waals surface area (Å²) in [6.45, 7) is 2.36. The molecule has 6 heteroatoms. The van der Waals surface area contributed by atoms with E-state index < -0.39 is 11.7 Å². The van der Waals surface area contributed by atoms with E-state index >= 15 is 0 Å².